The highest BCUT2D eigenvalue weighted by atomic mass is 31.2. The molecule has 116 valence electrons. The normalized spacial score (nSPS) is 25.6. The molecule has 0 aliphatic heterocycles. The highest BCUT2D eigenvalue weighted by Crippen LogP contribution is 2.48. The van der Waals surface area contributed by atoms with Gasteiger partial charge >= 0.3 is 7.82 Å². The van der Waals surface area contributed by atoms with Gasteiger partial charge in [-0.2, -0.15) is 0 Å². The molecule has 0 fully saturated rings. The van der Waals surface area contributed by atoms with Crippen LogP contribution in [0.3, 0.4) is 0 Å². The quantitative estimate of drug-likeness (QED) is 0.659. The maximum atomic E-state index is 11.4. The van der Waals surface area contributed by atoms with E-state index in [4.69, 9.17) is 4.52 Å². The van der Waals surface area contributed by atoms with Crippen LogP contribution in [0.2, 0.25) is 0 Å². The molecule has 0 radical (unpaired) electrons. The van der Waals surface area contributed by atoms with Crippen LogP contribution in [0, 0.1) is 11.3 Å². The van der Waals surface area contributed by atoms with Crippen LogP contribution in [-0.4, -0.2) is 15.9 Å². The molecule has 1 aliphatic carbocycles. The molecule has 0 aromatic heterocycles. The molecule has 1 aliphatic rings. The van der Waals surface area contributed by atoms with E-state index in [0.29, 0.717) is 0 Å². The van der Waals surface area contributed by atoms with Crippen molar-refractivity contribution < 1.29 is 18.9 Å². The first-order chi connectivity index (χ1) is 9.32. The van der Waals surface area contributed by atoms with Gasteiger partial charge in [-0.05, 0) is 18.8 Å². The smallest absolute Gasteiger partial charge is 0.303 e. The Kier molecular flexibility index (Phi) is 6.67. The topological polar surface area (TPSA) is 66.8 Å². The van der Waals surface area contributed by atoms with E-state index in [-0.39, 0.29) is 11.3 Å². The van der Waals surface area contributed by atoms with Crippen LogP contribution < -0.4 is 0 Å². The van der Waals surface area contributed by atoms with Gasteiger partial charge in [0.15, 0.2) is 0 Å². The van der Waals surface area contributed by atoms with Gasteiger partial charge < -0.3 is 9.79 Å². The van der Waals surface area contributed by atoms with E-state index in [9.17, 15) is 14.4 Å². The number of hydrogen-bond acceptors (Lipinski definition) is 2. The Morgan fingerprint density at radius 3 is 2.50 bits per heavy atom. The average molecular weight is 302 g/mol. The lowest BCUT2D eigenvalue weighted by molar-refractivity contribution is 0.0106. The first-order valence-electron chi connectivity index (χ1n) is 7.40. The first kappa shape index (κ1) is 17.6. The molecule has 0 bridgehead atoms. The molecular formula is C15H27O4P. The third-order valence-corrected chi connectivity index (χ3v) is 4.57. The Labute approximate surface area is 122 Å². The van der Waals surface area contributed by atoms with Gasteiger partial charge in [-0.15, -0.1) is 0 Å². The van der Waals surface area contributed by atoms with Crippen LogP contribution in [0.5, 0.6) is 0 Å². The summed E-state index contributed by atoms with van der Waals surface area (Å²) in [5.74, 6) is 0.156. The molecule has 0 heterocycles. The van der Waals surface area contributed by atoms with Gasteiger partial charge in [-0.3, -0.25) is 4.52 Å². The van der Waals surface area contributed by atoms with Crippen molar-refractivity contribution in [2.24, 2.45) is 11.3 Å². The lowest BCUT2D eigenvalue weighted by atomic mass is 9.72. The standard InChI is InChI=1S/C15H27O4P/c1-4-6-10-13(5-2)14(19-20(16,17)18)15(3)11-8-7-9-12-15/h7-9,11,13-14H,4-6,10,12H2,1-3H3,(H2,16,17,18). The maximum absolute atomic E-state index is 11.4. The van der Waals surface area contributed by atoms with Crippen molar-refractivity contribution in [2.45, 2.75) is 59.0 Å². The summed E-state index contributed by atoms with van der Waals surface area (Å²) in [5, 5.41) is 0. The van der Waals surface area contributed by atoms with Crippen molar-refractivity contribution in [1.29, 1.82) is 0 Å². The lowest BCUT2D eigenvalue weighted by Crippen LogP contribution is -2.39. The van der Waals surface area contributed by atoms with E-state index in [1.165, 1.54) is 0 Å². The van der Waals surface area contributed by atoms with Crippen molar-refractivity contribution in [1.82, 2.24) is 0 Å². The van der Waals surface area contributed by atoms with Gasteiger partial charge in [0.2, 0.25) is 0 Å². The molecule has 4 nitrogen and oxygen atoms in total. The Hall–Kier alpha value is -0.410. The molecule has 5 heteroatoms. The van der Waals surface area contributed by atoms with Crippen LogP contribution in [0.1, 0.15) is 52.9 Å². The summed E-state index contributed by atoms with van der Waals surface area (Å²) in [6.07, 6.45) is 12.2. The van der Waals surface area contributed by atoms with Crippen molar-refractivity contribution in [2.75, 3.05) is 0 Å². The Bertz CT molecular complexity index is 399. The molecule has 0 amide bonds. The van der Waals surface area contributed by atoms with E-state index in [1.807, 2.05) is 31.2 Å². The van der Waals surface area contributed by atoms with Crippen molar-refractivity contribution in [3.8, 4) is 0 Å². The Balaban J connectivity index is 2.97. The summed E-state index contributed by atoms with van der Waals surface area (Å²) >= 11 is 0. The monoisotopic (exact) mass is 302 g/mol. The fourth-order valence-electron chi connectivity index (χ4n) is 2.88. The maximum Gasteiger partial charge on any atom is 0.469 e. The highest BCUT2D eigenvalue weighted by molar-refractivity contribution is 7.46. The number of unbranched alkanes of at least 4 members (excludes halogenated alkanes) is 1. The van der Waals surface area contributed by atoms with Crippen LogP contribution in [0.25, 0.3) is 0 Å². The minimum Gasteiger partial charge on any atom is -0.303 e. The van der Waals surface area contributed by atoms with E-state index in [0.717, 1.165) is 32.1 Å². The van der Waals surface area contributed by atoms with Gasteiger partial charge in [-0.25, -0.2) is 4.57 Å². The minimum absolute atomic E-state index is 0.156. The number of rotatable bonds is 8. The number of phosphoric acid groups is 1. The number of phosphoric ester groups is 1. The predicted octanol–water partition coefficient (Wildman–Crippen LogP) is 4.20. The summed E-state index contributed by atoms with van der Waals surface area (Å²) < 4.78 is 16.6. The summed E-state index contributed by atoms with van der Waals surface area (Å²) in [5.41, 5.74) is -0.357. The van der Waals surface area contributed by atoms with E-state index in [1.54, 1.807) is 0 Å². The Morgan fingerprint density at radius 2 is 2.05 bits per heavy atom. The van der Waals surface area contributed by atoms with Crippen molar-refractivity contribution >= 4 is 7.82 Å². The number of allylic oxidation sites excluding steroid dienone is 3. The van der Waals surface area contributed by atoms with E-state index < -0.39 is 13.9 Å². The highest BCUT2D eigenvalue weighted by Gasteiger charge is 2.41. The zero-order valence-corrected chi connectivity index (χ0v) is 13.6. The largest absolute Gasteiger partial charge is 0.469 e. The summed E-state index contributed by atoms with van der Waals surface area (Å²) in [6, 6.07) is 0. The molecule has 0 saturated carbocycles. The molecule has 0 saturated heterocycles. The van der Waals surface area contributed by atoms with Gasteiger partial charge in [0.25, 0.3) is 0 Å². The molecule has 3 atom stereocenters. The van der Waals surface area contributed by atoms with Crippen LogP contribution in [0.15, 0.2) is 24.3 Å². The van der Waals surface area contributed by atoms with Crippen molar-refractivity contribution in [3.05, 3.63) is 24.3 Å². The van der Waals surface area contributed by atoms with Gasteiger partial charge in [0.1, 0.15) is 0 Å². The second kappa shape index (κ2) is 7.56. The zero-order valence-electron chi connectivity index (χ0n) is 12.7. The fourth-order valence-corrected chi connectivity index (χ4v) is 3.59. The van der Waals surface area contributed by atoms with Crippen LogP contribution in [0.4, 0.5) is 0 Å². The average Bonchev–Trinajstić information content (AvgIpc) is 2.38. The van der Waals surface area contributed by atoms with Gasteiger partial charge in [0, 0.05) is 5.41 Å². The summed E-state index contributed by atoms with van der Waals surface area (Å²) in [6.45, 7) is 6.20. The summed E-state index contributed by atoms with van der Waals surface area (Å²) in [7, 11) is -4.49. The van der Waals surface area contributed by atoms with Gasteiger partial charge in [-0.1, -0.05) is 64.3 Å². The van der Waals surface area contributed by atoms with Crippen molar-refractivity contribution in [3.63, 3.8) is 0 Å². The third kappa shape index (κ3) is 5.17. The SMILES string of the molecule is CCCCC(CC)C(OP(=O)(O)O)C1(C)C=CC=CC1. The molecule has 20 heavy (non-hydrogen) atoms. The van der Waals surface area contributed by atoms with Gasteiger partial charge in [0.05, 0.1) is 6.10 Å². The Morgan fingerprint density at radius 1 is 1.35 bits per heavy atom. The fraction of sp³-hybridized carbons (Fsp3) is 0.733. The lowest BCUT2D eigenvalue weighted by Gasteiger charge is -2.40. The second-order valence-electron chi connectivity index (χ2n) is 5.82. The third-order valence-electron chi connectivity index (χ3n) is 4.06. The molecule has 0 spiro atoms. The molecule has 1 rings (SSSR count). The zero-order chi connectivity index (χ0) is 15.2. The minimum atomic E-state index is -4.49. The van der Waals surface area contributed by atoms with E-state index >= 15 is 0 Å². The first-order valence-corrected chi connectivity index (χ1v) is 8.93. The molecule has 2 N–H and O–H groups in total. The van der Waals surface area contributed by atoms with Crippen LogP contribution >= 0.6 is 7.82 Å². The second-order valence-corrected chi connectivity index (χ2v) is 7.02. The van der Waals surface area contributed by atoms with Crippen LogP contribution in [-0.2, 0) is 9.09 Å². The molecule has 0 aromatic rings. The molecule has 0 aromatic carbocycles. The number of hydrogen-bond donors (Lipinski definition) is 2. The summed E-state index contributed by atoms with van der Waals surface area (Å²) in [4.78, 5) is 18.5. The molecule has 3 unspecified atom stereocenters. The predicted molar refractivity (Wildman–Crippen MR) is 81.2 cm³/mol. The molecular weight excluding hydrogens is 275 g/mol. The van der Waals surface area contributed by atoms with E-state index in [2.05, 4.69) is 13.8 Å².